The third kappa shape index (κ3) is 5.74. The van der Waals surface area contributed by atoms with Crippen molar-refractivity contribution in [3.63, 3.8) is 0 Å². The number of halogens is 3. The summed E-state index contributed by atoms with van der Waals surface area (Å²) >= 11 is 16.9. The molecule has 0 unspecified atom stereocenters. The number of hydrogen-bond donors (Lipinski definition) is 1. The lowest BCUT2D eigenvalue weighted by Gasteiger charge is -2.11. The zero-order chi connectivity index (χ0) is 24.2. The normalized spacial score (nSPS) is 11.1. The molecular formula is C23H14BrCl2N3O4S. The van der Waals surface area contributed by atoms with Crippen LogP contribution < -0.4 is 10.2 Å². The van der Waals surface area contributed by atoms with Crippen LogP contribution in [0.5, 0.6) is 5.75 Å². The van der Waals surface area contributed by atoms with Crippen LogP contribution in [0.2, 0.25) is 10.0 Å². The number of hydrogen-bond acceptors (Lipinski definition) is 6. The highest BCUT2D eigenvalue weighted by molar-refractivity contribution is 9.10. The molecule has 0 saturated carbocycles. The summed E-state index contributed by atoms with van der Waals surface area (Å²) in [4.78, 5) is 23.3. The second kappa shape index (κ2) is 10.5. The van der Waals surface area contributed by atoms with E-state index >= 15 is 0 Å². The van der Waals surface area contributed by atoms with Gasteiger partial charge in [-0.3, -0.25) is 14.9 Å². The van der Waals surface area contributed by atoms with Crippen molar-refractivity contribution in [2.45, 2.75) is 6.61 Å². The van der Waals surface area contributed by atoms with Gasteiger partial charge in [-0.25, -0.2) is 5.43 Å². The minimum atomic E-state index is -0.474. The summed E-state index contributed by atoms with van der Waals surface area (Å²) in [6.45, 7) is 0.317. The van der Waals surface area contributed by atoms with Gasteiger partial charge < -0.3 is 4.74 Å². The summed E-state index contributed by atoms with van der Waals surface area (Å²) in [5, 5.41) is 16.6. The van der Waals surface area contributed by atoms with Crippen molar-refractivity contribution in [1.82, 2.24) is 5.43 Å². The average molecular weight is 579 g/mol. The lowest BCUT2D eigenvalue weighted by Crippen LogP contribution is -2.16. The first-order valence-electron chi connectivity index (χ1n) is 9.68. The third-order valence-corrected chi connectivity index (χ3v) is 6.87. The molecule has 11 heteroatoms. The molecule has 0 aliphatic rings. The smallest absolute Gasteiger partial charge is 0.281 e. The molecule has 0 radical (unpaired) electrons. The summed E-state index contributed by atoms with van der Waals surface area (Å²) in [6.07, 6.45) is 1.45. The molecule has 4 aromatic rings. The third-order valence-electron chi connectivity index (χ3n) is 4.63. The van der Waals surface area contributed by atoms with Crippen molar-refractivity contribution >= 4 is 78.4 Å². The molecule has 0 saturated heterocycles. The van der Waals surface area contributed by atoms with Gasteiger partial charge in [0.2, 0.25) is 0 Å². The van der Waals surface area contributed by atoms with E-state index in [4.69, 9.17) is 27.9 Å². The lowest BCUT2D eigenvalue weighted by molar-refractivity contribution is -0.384. The largest absolute Gasteiger partial charge is 0.486 e. The van der Waals surface area contributed by atoms with Crippen LogP contribution in [0.25, 0.3) is 10.1 Å². The predicted octanol–water partition coefficient (Wildman–Crippen LogP) is 7.22. The molecule has 0 spiro atoms. The molecule has 0 aliphatic carbocycles. The molecule has 4 rings (SSSR count). The highest BCUT2D eigenvalue weighted by Gasteiger charge is 2.13. The van der Waals surface area contributed by atoms with Gasteiger partial charge >= 0.3 is 0 Å². The van der Waals surface area contributed by atoms with Crippen molar-refractivity contribution in [2.24, 2.45) is 5.10 Å². The van der Waals surface area contributed by atoms with E-state index in [1.54, 1.807) is 36.4 Å². The Bertz CT molecular complexity index is 1400. The number of thiophene rings is 1. The maximum atomic E-state index is 12.4. The van der Waals surface area contributed by atoms with Gasteiger partial charge in [0, 0.05) is 27.2 Å². The number of fused-ring (bicyclic) bond motifs is 1. The summed E-state index contributed by atoms with van der Waals surface area (Å²) in [5.74, 6) is 0.0605. The molecule has 34 heavy (non-hydrogen) atoms. The lowest BCUT2D eigenvalue weighted by atomic mass is 10.2. The zero-order valence-corrected chi connectivity index (χ0v) is 21.0. The number of carbonyl (C=O) groups excluding carboxylic acids is 1. The average Bonchev–Trinajstić information content (AvgIpc) is 3.23. The van der Waals surface area contributed by atoms with Crippen LogP contribution in [0.1, 0.15) is 20.8 Å². The topological polar surface area (TPSA) is 93.8 Å². The van der Waals surface area contributed by atoms with Crippen LogP contribution in [0, 0.1) is 10.1 Å². The Morgan fingerprint density at radius 3 is 2.62 bits per heavy atom. The number of carbonyl (C=O) groups is 1. The van der Waals surface area contributed by atoms with Gasteiger partial charge in [0.25, 0.3) is 11.6 Å². The first-order valence-corrected chi connectivity index (χ1v) is 12.0. The quantitative estimate of drug-likeness (QED) is 0.142. The van der Waals surface area contributed by atoms with Gasteiger partial charge in [0.1, 0.15) is 6.61 Å². The Morgan fingerprint density at radius 1 is 1.15 bits per heavy atom. The summed E-state index contributed by atoms with van der Waals surface area (Å²) in [5.41, 5.74) is 4.01. The maximum Gasteiger partial charge on any atom is 0.281 e. The van der Waals surface area contributed by atoms with Gasteiger partial charge in [-0.1, -0.05) is 35.3 Å². The fourth-order valence-corrected chi connectivity index (χ4v) is 5.05. The van der Waals surface area contributed by atoms with Crippen LogP contribution in [0.15, 0.2) is 70.2 Å². The second-order valence-electron chi connectivity index (χ2n) is 7.02. The predicted molar refractivity (Wildman–Crippen MR) is 138 cm³/mol. The van der Waals surface area contributed by atoms with Crippen molar-refractivity contribution in [1.29, 1.82) is 0 Å². The van der Waals surface area contributed by atoms with Crippen LogP contribution in [-0.2, 0) is 6.61 Å². The number of ether oxygens (including phenoxy) is 1. The Kier molecular flexibility index (Phi) is 7.47. The van der Waals surface area contributed by atoms with E-state index in [2.05, 4.69) is 26.5 Å². The Morgan fingerprint density at radius 2 is 1.91 bits per heavy atom. The van der Waals surface area contributed by atoms with Gasteiger partial charge in [-0.05, 0) is 63.5 Å². The van der Waals surface area contributed by atoms with Crippen LogP contribution in [0.3, 0.4) is 0 Å². The minimum absolute atomic E-state index is 0.0293. The first kappa shape index (κ1) is 24.2. The second-order valence-corrected chi connectivity index (χ2v) is 9.80. The molecule has 0 fully saturated rings. The molecule has 1 heterocycles. The maximum absolute atomic E-state index is 12.4. The van der Waals surface area contributed by atoms with Gasteiger partial charge in [-0.15, -0.1) is 11.3 Å². The molecular weight excluding hydrogens is 565 g/mol. The van der Waals surface area contributed by atoms with E-state index in [-0.39, 0.29) is 5.69 Å². The van der Waals surface area contributed by atoms with E-state index < -0.39 is 10.8 Å². The minimum Gasteiger partial charge on any atom is -0.486 e. The Hall–Kier alpha value is -2.98. The molecule has 1 amide bonds. The number of hydrazone groups is 1. The number of non-ortho nitro benzene ring substituents is 1. The van der Waals surface area contributed by atoms with E-state index in [1.165, 1.54) is 29.7 Å². The molecule has 0 aliphatic heterocycles. The van der Waals surface area contributed by atoms with Crippen molar-refractivity contribution in [3.8, 4) is 5.75 Å². The monoisotopic (exact) mass is 577 g/mol. The number of nitro benzene ring substituents is 1. The number of nitrogens with zero attached hydrogens (tertiary/aromatic N) is 2. The van der Waals surface area contributed by atoms with E-state index in [0.29, 0.717) is 42.7 Å². The summed E-state index contributed by atoms with van der Waals surface area (Å²) < 4.78 is 7.22. The first-order chi connectivity index (χ1) is 16.3. The fraction of sp³-hybridized carbons (Fsp3) is 0.0435. The molecule has 1 N–H and O–H groups in total. The standard InChI is InChI=1S/C23H14BrCl2N3O4S/c24-18-7-14(8-19(26)22(18)33-12-13-1-3-16(25)4-2-13)11-27-28-23(30)21-10-15-9-17(29(31)32)5-6-20(15)34-21/h1-11H,12H2,(H,28,30)/b27-11-. The van der Waals surface area contributed by atoms with Gasteiger partial charge in [0.15, 0.2) is 5.75 Å². The molecule has 0 atom stereocenters. The van der Waals surface area contributed by atoms with Crippen LogP contribution >= 0.6 is 50.5 Å². The zero-order valence-electron chi connectivity index (χ0n) is 17.1. The number of amides is 1. The van der Waals surface area contributed by atoms with E-state index in [1.807, 2.05) is 12.1 Å². The van der Waals surface area contributed by atoms with E-state index in [0.717, 1.165) is 10.3 Å². The molecule has 0 bridgehead atoms. The SMILES string of the molecule is O=C(N/N=C\c1cc(Cl)c(OCc2ccc(Cl)cc2)c(Br)c1)c1cc2cc([N+](=O)[O-])ccc2s1. The van der Waals surface area contributed by atoms with Crippen LogP contribution in [0.4, 0.5) is 5.69 Å². The summed E-state index contributed by atoms with van der Waals surface area (Å²) in [7, 11) is 0. The number of nitrogens with one attached hydrogen (secondary N) is 1. The van der Waals surface area contributed by atoms with Crippen molar-refractivity contribution < 1.29 is 14.5 Å². The van der Waals surface area contributed by atoms with Crippen molar-refractivity contribution in [3.05, 3.63) is 101 Å². The van der Waals surface area contributed by atoms with Crippen molar-refractivity contribution in [2.75, 3.05) is 0 Å². The Balaban J connectivity index is 1.41. The fourth-order valence-electron chi connectivity index (χ4n) is 3.00. The molecule has 1 aromatic heterocycles. The highest BCUT2D eigenvalue weighted by Crippen LogP contribution is 2.35. The summed E-state index contributed by atoms with van der Waals surface area (Å²) in [6, 6.07) is 16.8. The van der Waals surface area contributed by atoms with Gasteiger partial charge in [0.05, 0.1) is 25.5 Å². The Labute approximate surface area is 216 Å². The number of benzene rings is 3. The number of nitro groups is 1. The van der Waals surface area contributed by atoms with E-state index in [9.17, 15) is 14.9 Å². The van der Waals surface area contributed by atoms with Crippen LogP contribution in [-0.4, -0.2) is 17.0 Å². The van der Waals surface area contributed by atoms with Gasteiger partial charge in [-0.2, -0.15) is 5.10 Å². The number of rotatable bonds is 7. The molecule has 7 nitrogen and oxygen atoms in total. The molecule has 3 aromatic carbocycles. The molecule has 172 valence electrons. The highest BCUT2D eigenvalue weighted by atomic mass is 79.9.